The molecule has 0 saturated heterocycles. The lowest BCUT2D eigenvalue weighted by Crippen LogP contribution is -2.04. The summed E-state index contributed by atoms with van der Waals surface area (Å²) in [6.07, 6.45) is 0. The SMILES string of the molecule is Cc1cc(NCc2cc(N)ccc2N)ccc1N.Cl. The van der Waals surface area contributed by atoms with E-state index >= 15 is 0 Å². The number of rotatable bonds is 3. The summed E-state index contributed by atoms with van der Waals surface area (Å²) in [5.41, 5.74) is 22.7. The van der Waals surface area contributed by atoms with Crippen LogP contribution in [0.4, 0.5) is 22.7 Å². The molecule has 7 N–H and O–H groups in total. The standard InChI is InChI=1S/C14H18N4.ClH/c1-9-6-12(3-5-13(9)16)18-8-10-7-11(15)2-4-14(10)17;/h2-7,18H,8,15-17H2,1H3;1H. The van der Waals surface area contributed by atoms with Crippen LogP contribution < -0.4 is 22.5 Å². The van der Waals surface area contributed by atoms with E-state index in [4.69, 9.17) is 17.2 Å². The largest absolute Gasteiger partial charge is 0.399 e. The average molecular weight is 279 g/mol. The summed E-state index contributed by atoms with van der Waals surface area (Å²) in [5.74, 6) is 0. The van der Waals surface area contributed by atoms with E-state index in [1.165, 1.54) is 0 Å². The third kappa shape index (κ3) is 3.69. The Morgan fingerprint density at radius 2 is 1.63 bits per heavy atom. The van der Waals surface area contributed by atoms with Gasteiger partial charge in [0, 0.05) is 29.3 Å². The van der Waals surface area contributed by atoms with Crippen LogP contribution in [0, 0.1) is 6.92 Å². The number of anilines is 4. The fourth-order valence-electron chi connectivity index (χ4n) is 1.76. The molecule has 4 nitrogen and oxygen atoms in total. The van der Waals surface area contributed by atoms with Gasteiger partial charge in [0.25, 0.3) is 0 Å². The smallest absolute Gasteiger partial charge is 0.0421 e. The van der Waals surface area contributed by atoms with Gasteiger partial charge in [0.1, 0.15) is 0 Å². The summed E-state index contributed by atoms with van der Waals surface area (Å²) in [6, 6.07) is 11.3. The molecule has 0 aromatic heterocycles. The van der Waals surface area contributed by atoms with Gasteiger partial charge in [-0.25, -0.2) is 0 Å². The van der Waals surface area contributed by atoms with Gasteiger partial charge in [-0.3, -0.25) is 0 Å². The highest BCUT2D eigenvalue weighted by Gasteiger charge is 2.01. The van der Waals surface area contributed by atoms with E-state index in [2.05, 4.69) is 5.32 Å². The number of nitrogens with one attached hydrogen (secondary N) is 1. The molecule has 0 aliphatic carbocycles. The Morgan fingerprint density at radius 1 is 0.947 bits per heavy atom. The predicted octanol–water partition coefficient (Wildman–Crippen LogP) is 2.78. The lowest BCUT2D eigenvalue weighted by atomic mass is 10.1. The first-order valence-corrected chi connectivity index (χ1v) is 5.80. The molecule has 19 heavy (non-hydrogen) atoms. The van der Waals surface area contributed by atoms with Crippen molar-refractivity contribution in [3.63, 3.8) is 0 Å². The van der Waals surface area contributed by atoms with E-state index < -0.39 is 0 Å². The minimum absolute atomic E-state index is 0. The van der Waals surface area contributed by atoms with E-state index in [1.807, 2.05) is 37.3 Å². The third-order valence-corrected chi connectivity index (χ3v) is 2.92. The number of hydrogen-bond acceptors (Lipinski definition) is 4. The van der Waals surface area contributed by atoms with Crippen LogP contribution in [0.15, 0.2) is 36.4 Å². The van der Waals surface area contributed by atoms with Gasteiger partial charge in [-0.1, -0.05) is 0 Å². The molecule has 0 heterocycles. The normalized spacial score (nSPS) is 9.74. The number of nitrogens with two attached hydrogens (primary N) is 3. The highest BCUT2D eigenvalue weighted by Crippen LogP contribution is 2.20. The summed E-state index contributed by atoms with van der Waals surface area (Å²) in [6.45, 7) is 2.62. The molecule has 5 heteroatoms. The highest BCUT2D eigenvalue weighted by atomic mass is 35.5. The van der Waals surface area contributed by atoms with Crippen molar-refractivity contribution in [2.45, 2.75) is 13.5 Å². The van der Waals surface area contributed by atoms with Gasteiger partial charge < -0.3 is 22.5 Å². The van der Waals surface area contributed by atoms with Crippen molar-refractivity contribution in [3.05, 3.63) is 47.5 Å². The second-order valence-corrected chi connectivity index (χ2v) is 4.38. The fraction of sp³-hybridized carbons (Fsp3) is 0.143. The maximum absolute atomic E-state index is 5.89. The quantitative estimate of drug-likeness (QED) is 0.650. The van der Waals surface area contributed by atoms with Crippen LogP contribution in [0.1, 0.15) is 11.1 Å². The molecule has 0 aliphatic heterocycles. The Bertz CT molecular complexity index is 569. The second kappa shape index (κ2) is 6.20. The van der Waals surface area contributed by atoms with Gasteiger partial charge in [-0.2, -0.15) is 0 Å². The summed E-state index contributed by atoms with van der Waals surface area (Å²) in [5, 5.41) is 3.31. The predicted molar refractivity (Wildman–Crippen MR) is 85.4 cm³/mol. The summed E-state index contributed by atoms with van der Waals surface area (Å²) >= 11 is 0. The van der Waals surface area contributed by atoms with Gasteiger partial charge in [0.05, 0.1) is 0 Å². The molecule has 0 unspecified atom stereocenters. The number of nitrogen functional groups attached to an aromatic ring is 3. The van der Waals surface area contributed by atoms with Crippen molar-refractivity contribution in [2.24, 2.45) is 0 Å². The minimum atomic E-state index is 0. The molecule has 0 atom stereocenters. The lowest BCUT2D eigenvalue weighted by Gasteiger charge is -2.11. The van der Waals surface area contributed by atoms with Gasteiger partial charge in [-0.05, 0) is 54.4 Å². The van der Waals surface area contributed by atoms with Gasteiger partial charge in [0.15, 0.2) is 0 Å². The number of hydrogen-bond donors (Lipinski definition) is 4. The number of aryl methyl sites for hydroxylation is 1. The molecule has 0 amide bonds. The summed E-state index contributed by atoms with van der Waals surface area (Å²) in [7, 11) is 0. The zero-order valence-electron chi connectivity index (χ0n) is 10.8. The molecular weight excluding hydrogens is 260 g/mol. The first-order valence-electron chi connectivity index (χ1n) is 5.80. The van der Waals surface area contributed by atoms with Gasteiger partial charge in [-0.15, -0.1) is 12.4 Å². The van der Waals surface area contributed by atoms with E-state index in [1.54, 1.807) is 6.07 Å². The molecule has 0 radical (unpaired) electrons. The van der Waals surface area contributed by atoms with Crippen LogP contribution in [-0.2, 0) is 6.54 Å². The van der Waals surface area contributed by atoms with Gasteiger partial charge in [0.2, 0.25) is 0 Å². The first-order chi connectivity index (χ1) is 8.56. The molecule has 102 valence electrons. The van der Waals surface area contributed by atoms with E-state index in [-0.39, 0.29) is 12.4 Å². The Balaban J connectivity index is 0.00000180. The topological polar surface area (TPSA) is 90.1 Å². The maximum atomic E-state index is 5.89. The second-order valence-electron chi connectivity index (χ2n) is 4.38. The Labute approximate surface area is 119 Å². The number of halogens is 1. The summed E-state index contributed by atoms with van der Waals surface area (Å²) in [4.78, 5) is 0. The minimum Gasteiger partial charge on any atom is -0.399 e. The lowest BCUT2D eigenvalue weighted by molar-refractivity contribution is 1.15. The van der Waals surface area contributed by atoms with Crippen molar-refractivity contribution < 1.29 is 0 Å². The van der Waals surface area contributed by atoms with Crippen molar-refractivity contribution in [1.82, 2.24) is 0 Å². The van der Waals surface area contributed by atoms with Crippen molar-refractivity contribution in [3.8, 4) is 0 Å². The Morgan fingerprint density at radius 3 is 2.32 bits per heavy atom. The first kappa shape index (κ1) is 15.0. The van der Waals surface area contributed by atoms with Crippen molar-refractivity contribution >= 4 is 35.2 Å². The van der Waals surface area contributed by atoms with E-state index in [0.717, 1.165) is 33.9 Å². The molecule has 0 saturated carbocycles. The van der Waals surface area contributed by atoms with Crippen LogP contribution >= 0.6 is 12.4 Å². The maximum Gasteiger partial charge on any atom is 0.0421 e. The molecule has 0 spiro atoms. The fourth-order valence-corrected chi connectivity index (χ4v) is 1.76. The van der Waals surface area contributed by atoms with Crippen LogP contribution in [0.3, 0.4) is 0 Å². The highest BCUT2D eigenvalue weighted by molar-refractivity contribution is 5.85. The molecule has 2 aromatic carbocycles. The molecular formula is C14H19ClN4. The van der Waals surface area contributed by atoms with Gasteiger partial charge >= 0.3 is 0 Å². The van der Waals surface area contributed by atoms with Crippen LogP contribution in [0.25, 0.3) is 0 Å². The zero-order chi connectivity index (χ0) is 13.1. The van der Waals surface area contributed by atoms with Crippen LogP contribution in [0.5, 0.6) is 0 Å². The molecule has 0 bridgehead atoms. The monoisotopic (exact) mass is 278 g/mol. The third-order valence-electron chi connectivity index (χ3n) is 2.92. The van der Waals surface area contributed by atoms with Crippen molar-refractivity contribution in [1.29, 1.82) is 0 Å². The molecule has 0 aliphatic rings. The Hall–Kier alpha value is -2.07. The van der Waals surface area contributed by atoms with Crippen molar-refractivity contribution in [2.75, 3.05) is 22.5 Å². The Kier molecular flexibility index (Phi) is 4.89. The molecule has 2 rings (SSSR count). The average Bonchev–Trinajstić information content (AvgIpc) is 2.34. The molecule has 0 fully saturated rings. The van der Waals surface area contributed by atoms with Crippen LogP contribution in [0.2, 0.25) is 0 Å². The number of benzene rings is 2. The summed E-state index contributed by atoms with van der Waals surface area (Å²) < 4.78 is 0. The van der Waals surface area contributed by atoms with E-state index in [9.17, 15) is 0 Å². The zero-order valence-corrected chi connectivity index (χ0v) is 11.6. The van der Waals surface area contributed by atoms with Crippen LogP contribution in [-0.4, -0.2) is 0 Å². The van der Waals surface area contributed by atoms with E-state index in [0.29, 0.717) is 6.54 Å². The molecule has 2 aromatic rings.